The summed E-state index contributed by atoms with van der Waals surface area (Å²) in [4.78, 5) is 71.4. The molecule has 0 spiro atoms. The van der Waals surface area contributed by atoms with Crippen molar-refractivity contribution < 1.29 is 80.2 Å². The largest absolute Gasteiger partial charge is 0.472 e. The number of hydrogen-bond donors (Lipinski definition) is 3. The fourth-order valence-electron chi connectivity index (χ4n) is 8.75. The van der Waals surface area contributed by atoms with E-state index in [1.54, 1.807) is 0 Å². The van der Waals surface area contributed by atoms with Crippen molar-refractivity contribution in [3.05, 3.63) is 0 Å². The Hall–Kier alpha value is -1.94. The zero-order valence-corrected chi connectivity index (χ0v) is 51.4. The lowest BCUT2D eigenvalue weighted by molar-refractivity contribution is -0.161. The molecule has 0 aliphatic rings. The van der Waals surface area contributed by atoms with Crippen molar-refractivity contribution in [2.24, 2.45) is 0 Å². The summed E-state index contributed by atoms with van der Waals surface area (Å²) < 4.78 is 67.4. The van der Waals surface area contributed by atoms with Gasteiger partial charge in [0.2, 0.25) is 0 Å². The van der Waals surface area contributed by atoms with Gasteiger partial charge in [-0.3, -0.25) is 37.3 Å². The zero-order chi connectivity index (χ0) is 57.6. The zero-order valence-electron chi connectivity index (χ0n) is 49.6. The molecular formula is C59H114O17P2. The first-order valence-electron chi connectivity index (χ1n) is 31.3. The molecule has 19 heteroatoms. The molecule has 0 bridgehead atoms. The number of rotatable bonds is 60. The molecule has 0 saturated carbocycles. The number of ether oxygens (including phenoxy) is 4. The van der Waals surface area contributed by atoms with Gasteiger partial charge in [-0.25, -0.2) is 9.13 Å². The van der Waals surface area contributed by atoms with Crippen LogP contribution in [0.15, 0.2) is 0 Å². The normalized spacial score (nSPS) is 14.3. The van der Waals surface area contributed by atoms with Crippen LogP contribution in [0.2, 0.25) is 0 Å². The van der Waals surface area contributed by atoms with Crippen molar-refractivity contribution in [3.63, 3.8) is 0 Å². The van der Waals surface area contributed by atoms with Crippen LogP contribution in [0.1, 0.15) is 297 Å². The number of esters is 4. The lowest BCUT2D eigenvalue weighted by Gasteiger charge is -2.21. The summed E-state index contributed by atoms with van der Waals surface area (Å²) in [5, 5.41) is 10.5. The third-order valence-corrected chi connectivity index (χ3v) is 15.5. The maximum absolute atomic E-state index is 12.9. The number of carbonyl (C=O) groups is 4. The van der Waals surface area contributed by atoms with Gasteiger partial charge >= 0.3 is 39.5 Å². The lowest BCUT2D eigenvalue weighted by Crippen LogP contribution is -2.30. The van der Waals surface area contributed by atoms with Crippen LogP contribution in [0.25, 0.3) is 0 Å². The van der Waals surface area contributed by atoms with Gasteiger partial charge in [0.25, 0.3) is 0 Å². The Labute approximate surface area is 473 Å². The molecule has 0 radical (unpaired) electrons. The van der Waals surface area contributed by atoms with Crippen LogP contribution in [0, 0.1) is 0 Å². The highest BCUT2D eigenvalue weighted by Gasteiger charge is 2.30. The Morgan fingerprint density at radius 3 is 0.756 bits per heavy atom. The van der Waals surface area contributed by atoms with Crippen molar-refractivity contribution in [2.75, 3.05) is 39.6 Å². The van der Waals surface area contributed by atoms with E-state index in [-0.39, 0.29) is 25.7 Å². The highest BCUT2D eigenvalue weighted by molar-refractivity contribution is 7.47. The first kappa shape index (κ1) is 76.1. The van der Waals surface area contributed by atoms with Gasteiger partial charge in [-0.2, -0.15) is 0 Å². The minimum atomic E-state index is -4.93. The van der Waals surface area contributed by atoms with Crippen molar-refractivity contribution in [1.29, 1.82) is 0 Å². The monoisotopic (exact) mass is 1160 g/mol. The molecule has 0 saturated heterocycles. The third-order valence-electron chi connectivity index (χ3n) is 13.6. The fraction of sp³-hybridized carbons (Fsp3) is 0.932. The topological polar surface area (TPSA) is 237 Å². The number of carbonyl (C=O) groups excluding carboxylic acids is 4. The first-order chi connectivity index (χ1) is 37.7. The van der Waals surface area contributed by atoms with Gasteiger partial charge < -0.3 is 33.8 Å². The van der Waals surface area contributed by atoms with Gasteiger partial charge in [0.05, 0.1) is 26.4 Å². The van der Waals surface area contributed by atoms with Crippen LogP contribution in [0.3, 0.4) is 0 Å². The van der Waals surface area contributed by atoms with Crippen LogP contribution in [0.5, 0.6) is 0 Å². The average molecular weight is 1160 g/mol. The SMILES string of the molecule is CCCCCCCCCCCCCCCCCCCCCC(=O)O[C@H](COC(=O)CCCCCCCCC)COP(=O)(O)OC[C@@H](O)COP(=O)(O)OC[C@@H](COC(=O)CCCCCCC)OC(=O)CCCCCCCCC. The molecule has 17 nitrogen and oxygen atoms in total. The Morgan fingerprint density at radius 1 is 0.308 bits per heavy atom. The second kappa shape index (κ2) is 54.3. The summed E-state index contributed by atoms with van der Waals surface area (Å²) in [6, 6.07) is 0. The number of aliphatic hydroxyl groups is 1. The maximum Gasteiger partial charge on any atom is 0.472 e. The van der Waals surface area contributed by atoms with E-state index >= 15 is 0 Å². The summed E-state index contributed by atoms with van der Waals surface area (Å²) in [6.45, 7) is 4.68. The van der Waals surface area contributed by atoms with Crippen LogP contribution in [-0.4, -0.2) is 96.7 Å². The highest BCUT2D eigenvalue weighted by atomic mass is 31.2. The van der Waals surface area contributed by atoms with E-state index < -0.39 is 97.5 Å². The van der Waals surface area contributed by atoms with Gasteiger partial charge in [0.15, 0.2) is 12.2 Å². The summed E-state index contributed by atoms with van der Waals surface area (Å²) in [5.41, 5.74) is 0. The second-order valence-corrected chi connectivity index (χ2v) is 24.3. The molecule has 0 fully saturated rings. The molecule has 5 atom stereocenters. The highest BCUT2D eigenvalue weighted by Crippen LogP contribution is 2.45. The van der Waals surface area contributed by atoms with Gasteiger partial charge in [-0.15, -0.1) is 0 Å². The van der Waals surface area contributed by atoms with Gasteiger partial charge in [0.1, 0.15) is 19.3 Å². The molecule has 0 aromatic heterocycles. The predicted octanol–water partition coefficient (Wildman–Crippen LogP) is 16.0. The maximum atomic E-state index is 12.9. The summed E-state index contributed by atoms with van der Waals surface area (Å²) in [5.74, 6) is -2.16. The summed E-state index contributed by atoms with van der Waals surface area (Å²) in [7, 11) is -9.85. The van der Waals surface area contributed by atoms with E-state index in [1.807, 2.05) is 0 Å². The Balaban J connectivity index is 5.02. The molecule has 0 amide bonds. The Bertz CT molecular complexity index is 1520. The van der Waals surface area contributed by atoms with Crippen LogP contribution in [0.4, 0.5) is 0 Å². The van der Waals surface area contributed by atoms with Crippen molar-refractivity contribution >= 4 is 39.5 Å². The third kappa shape index (κ3) is 53.4. The molecule has 0 heterocycles. The molecule has 0 rings (SSSR count). The van der Waals surface area contributed by atoms with Crippen molar-refractivity contribution in [2.45, 2.75) is 316 Å². The molecule has 462 valence electrons. The standard InChI is InChI=1S/C59H114O17P2/c1-5-9-13-17-20-21-22-23-24-25-26-27-28-29-30-31-34-38-42-46-59(64)76-55(50-70-57(62)44-40-36-32-18-14-10-6-2)52-74-78(67,68)72-48-53(60)47-71-77(65,66)73-51-54(49-69-56(61)43-39-35-16-12-8-4)75-58(63)45-41-37-33-19-15-11-7-3/h53-55,60H,5-52H2,1-4H3,(H,65,66)(H,67,68)/t53-,54+,55+/m0/s1. The van der Waals surface area contributed by atoms with Gasteiger partial charge in [-0.1, -0.05) is 246 Å². The van der Waals surface area contributed by atoms with Crippen molar-refractivity contribution in [3.8, 4) is 0 Å². The minimum absolute atomic E-state index is 0.103. The molecule has 0 aromatic carbocycles. The molecule has 78 heavy (non-hydrogen) atoms. The lowest BCUT2D eigenvalue weighted by atomic mass is 10.0. The molecule has 0 aliphatic heterocycles. The van der Waals surface area contributed by atoms with Crippen molar-refractivity contribution in [1.82, 2.24) is 0 Å². The van der Waals surface area contributed by atoms with E-state index in [9.17, 15) is 43.2 Å². The molecule has 2 unspecified atom stereocenters. The molecule has 0 aliphatic carbocycles. The Morgan fingerprint density at radius 2 is 0.513 bits per heavy atom. The molecular weight excluding hydrogens is 1040 g/mol. The summed E-state index contributed by atoms with van der Waals surface area (Å²) in [6.07, 6.45) is 38.4. The Kier molecular flexibility index (Phi) is 53.0. The molecule has 3 N–H and O–H groups in total. The van der Waals surface area contributed by atoms with Gasteiger partial charge in [0, 0.05) is 25.7 Å². The summed E-state index contributed by atoms with van der Waals surface area (Å²) >= 11 is 0. The van der Waals surface area contributed by atoms with E-state index in [0.29, 0.717) is 25.7 Å². The van der Waals surface area contributed by atoms with Crippen LogP contribution < -0.4 is 0 Å². The molecule has 0 aromatic rings. The number of unbranched alkanes of at least 4 members (excludes halogenated alkanes) is 34. The fourth-order valence-corrected chi connectivity index (χ4v) is 10.3. The first-order valence-corrected chi connectivity index (χ1v) is 34.3. The van der Waals surface area contributed by atoms with E-state index in [4.69, 9.17) is 37.0 Å². The predicted molar refractivity (Wildman–Crippen MR) is 308 cm³/mol. The van der Waals surface area contributed by atoms with Crippen LogP contribution in [-0.2, 0) is 65.4 Å². The van der Waals surface area contributed by atoms with E-state index in [0.717, 1.165) is 122 Å². The van der Waals surface area contributed by atoms with E-state index in [2.05, 4.69) is 27.7 Å². The second-order valence-electron chi connectivity index (χ2n) is 21.4. The quantitative estimate of drug-likeness (QED) is 0.0222. The smallest absolute Gasteiger partial charge is 0.462 e. The number of aliphatic hydroxyl groups excluding tert-OH is 1. The van der Waals surface area contributed by atoms with E-state index in [1.165, 1.54) is 96.3 Å². The van der Waals surface area contributed by atoms with Crippen LogP contribution >= 0.6 is 15.6 Å². The number of phosphoric ester groups is 2. The average Bonchev–Trinajstić information content (AvgIpc) is 3.41. The minimum Gasteiger partial charge on any atom is -0.462 e. The van der Waals surface area contributed by atoms with Gasteiger partial charge in [-0.05, 0) is 25.7 Å². The number of hydrogen-bond acceptors (Lipinski definition) is 15. The number of phosphoric acid groups is 2.